The molecule has 2 heterocycles. The maximum absolute atomic E-state index is 11.9. The van der Waals surface area contributed by atoms with Gasteiger partial charge in [0.2, 0.25) is 5.91 Å². The number of amides is 1. The number of carbonyl (C=O) groups is 1. The maximum atomic E-state index is 11.9. The zero-order valence-corrected chi connectivity index (χ0v) is 10.1. The van der Waals surface area contributed by atoms with Crippen molar-refractivity contribution in [3.05, 3.63) is 18.2 Å². The third kappa shape index (κ3) is 1.90. The Kier molecular flexibility index (Phi) is 2.83. The summed E-state index contributed by atoms with van der Waals surface area (Å²) < 4.78 is 11.0. The van der Waals surface area contributed by atoms with Gasteiger partial charge in [0.05, 0.1) is 0 Å². The lowest BCUT2D eigenvalue weighted by Gasteiger charge is -2.22. The Morgan fingerprint density at radius 3 is 2.78 bits per heavy atom. The van der Waals surface area contributed by atoms with Crippen LogP contribution in [0.4, 0.5) is 5.69 Å². The molecule has 1 amide bonds. The van der Waals surface area contributed by atoms with E-state index in [9.17, 15) is 4.79 Å². The summed E-state index contributed by atoms with van der Waals surface area (Å²) in [7, 11) is 0. The zero-order valence-electron chi connectivity index (χ0n) is 10.1. The highest BCUT2D eigenvalue weighted by Gasteiger charge is 2.30. The average molecular weight is 248 g/mol. The van der Waals surface area contributed by atoms with Crippen molar-refractivity contribution in [3.8, 4) is 11.5 Å². The van der Waals surface area contributed by atoms with Gasteiger partial charge in [0.15, 0.2) is 11.5 Å². The summed E-state index contributed by atoms with van der Waals surface area (Å²) in [5.74, 6) is 1.84. The second kappa shape index (κ2) is 4.49. The van der Waals surface area contributed by atoms with E-state index >= 15 is 0 Å². The molecule has 0 spiro atoms. The predicted octanol–water partition coefficient (Wildman–Crippen LogP) is 0.769. The fraction of sp³-hybridized carbons (Fsp3) is 0.462. The lowest BCUT2D eigenvalue weighted by Crippen LogP contribution is -2.26. The third-order valence-corrected chi connectivity index (χ3v) is 3.38. The molecule has 2 N–H and O–H groups in total. The van der Waals surface area contributed by atoms with Crippen molar-refractivity contribution in [3.63, 3.8) is 0 Å². The first-order valence-corrected chi connectivity index (χ1v) is 6.18. The van der Waals surface area contributed by atoms with E-state index in [2.05, 4.69) is 0 Å². The molecule has 2 aliphatic rings. The molecule has 1 unspecified atom stereocenters. The lowest BCUT2D eigenvalue weighted by molar-refractivity contribution is -0.117. The van der Waals surface area contributed by atoms with Gasteiger partial charge in [-0.1, -0.05) is 0 Å². The summed E-state index contributed by atoms with van der Waals surface area (Å²) in [5, 5.41) is 0. The van der Waals surface area contributed by atoms with Crippen molar-refractivity contribution in [1.82, 2.24) is 0 Å². The fourth-order valence-electron chi connectivity index (χ4n) is 2.39. The lowest BCUT2D eigenvalue weighted by atomic mass is 10.1. The number of hydrogen-bond donors (Lipinski definition) is 1. The summed E-state index contributed by atoms with van der Waals surface area (Å²) >= 11 is 0. The Morgan fingerprint density at radius 1 is 1.28 bits per heavy atom. The molecule has 96 valence electrons. The molecule has 3 rings (SSSR count). The van der Waals surface area contributed by atoms with Crippen LogP contribution in [0.1, 0.15) is 6.42 Å². The predicted molar refractivity (Wildman–Crippen MR) is 66.9 cm³/mol. The SMILES string of the molecule is NCC1CC(=O)N(c2ccc3c(c2)OCCO3)C1. The van der Waals surface area contributed by atoms with Gasteiger partial charge in [-0.2, -0.15) is 0 Å². The van der Waals surface area contributed by atoms with E-state index in [-0.39, 0.29) is 11.8 Å². The number of hydrogen-bond acceptors (Lipinski definition) is 4. The number of anilines is 1. The van der Waals surface area contributed by atoms with Crippen molar-refractivity contribution in [2.45, 2.75) is 6.42 Å². The third-order valence-electron chi connectivity index (χ3n) is 3.38. The minimum Gasteiger partial charge on any atom is -0.486 e. The number of nitrogens with two attached hydrogens (primary N) is 1. The van der Waals surface area contributed by atoms with Crippen LogP contribution < -0.4 is 20.1 Å². The van der Waals surface area contributed by atoms with Gasteiger partial charge in [-0.3, -0.25) is 4.79 Å². The molecule has 1 atom stereocenters. The Labute approximate surface area is 105 Å². The smallest absolute Gasteiger partial charge is 0.227 e. The normalized spacial score (nSPS) is 22.4. The molecule has 0 radical (unpaired) electrons. The molecule has 5 nitrogen and oxygen atoms in total. The summed E-state index contributed by atoms with van der Waals surface area (Å²) in [5.41, 5.74) is 6.48. The number of ether oxygens (including phenoxy) is 2. The Bertz CT molecular complexity index is 475. The molecule has 0 aromatic heterocycles. The number of fused-ring (bicyclic) bond motifs is 1. The van der Waals surface area contributed by atoms with Crippen LogP contribution in [0.5, 0.6) is 11.5 Å². The van der Waals surface area contributed by atoms with Crippen molar-refractivity contribution in [1.29, 1.82) is 0 Å². The monoisotopic (exact) mass is 248 g/mol. The van der Waals surface area contributed by atoms with E-state index in [0.29, 0.717) is 38.5 Å². The molecule has 0 aliphatic carbocycles. The second-order valence-corrected chi connectivity index (χ2v) is 4.64. The van der Waals surface area contributed by atoms with Crippen molar-refractivity contribution >= 4 is 11.6 Å². The van der Waals surface area contributed by atoms with Crippen molar-refractivity contribution in [2.75, 3.05) is 31.2 Å². The maximum Gasteiger partial charge on any atom is 0.227 e. The van der Waals surface area contributed by atoms with Crippen LogP contribution in [-0.2, 0) is 4.79 Å². The standard InChI is InChI=1S/C13H16N2O3/c14-7-9-5-13(16)15(8-9)10-1-2-11-12(6-10)18-4-3-17-11/h1-2,6,9H,3-5,7-8,14H2. The first kappa shape index (κ1) is 11.3. The largest absolute Gasteiger partial charge is 0.486 e. The highest BCUT2D eigenvalue weighted by Crippen LogP contribution is 2.35. The molecule has 1 fully saturated rings. The number of nitrogens with zero attached hydrogens (tertiary/aromatic N) is 1. The van der Waals surface area contributed by atoms with Crippen LogP contribution in [0.2, 0.25) is 0 Å². The molecule has 0 bridgehead atoms. The quantitative estimate of drug-likeness (QED) is 0.839. The van der Waals surface area contributed by atoms with Gasteiger partial charge in [-0.15, -0.1) is 0 Å². The minimum absolute atomic E-state index is 0.127. The van der Waals surface area contributed by atoms with Gasteiger partial charge < -0.3 is 20.1 Å². The van der Waals surface area contributed by atoms with Crippen LogP contribution in [0.3, 0.4) is 0 Å². The second-order valence-electron chi connectivity index (χ2n) is 4.64. The molecule has 1 saturated heterocycles. The summed E-state index contributed by atoms with van der Waals surface area (Å²) in [4.78, 5) is 13.7. The van der Waals surface area contributed by atoms with E-state index < -0.39 is 0 Å². The number of carbonyl (C=O) groups excluding carboxylic acids is 1. The Hall–Kier alpha value is -1.75. The fourth-order valence-corrected chi connectivity index (χ4v) is 2.39. The molecule has 1 aromatic rings. The Balaban J connectivity index is 1.86. The van der Waals surface area contributed by atoms with Crippen LogP contribution in [0.15, 0.2) is 18.2 Å². The van der Waals surface area contributed by atoms with E-state index in [4.69, 9.17) is 15.2 Å². The van der Waals surface area contributed by atoms with E-state index in [0.717, 1.165) is 11.4 Å². The van der Waals surface area contributed by atoms with E-state index in [1.165, 1.54) is 0 Å². The molecule has 18 heavy (non-hydrogen) atoms. The van der Waals surface area contributed by atoms with Gasteiger partial charge >= 0.3 is 0 Å². The summed E-state index contributed by atoms with van der Waals surface area (Å²) in [6.07, 6.45) is 0.533. The van der Waals surface area contributed by atoms with Crippen LogP contribution in [0.25, 0.3) is 0 Å². The van der Waals surface area contributed by atoms with Gasteiger partial charge in [0, 0.05) is 24.7 Å². The molecular formula is C13H16N2O3. The molecule has 1 aromatic carbocycles. The van der Waals surface area contributed by atoms with Gasteiger partial charge in [0.1, 0.15) is 13.2 Å². The van der Waals surface area contributed by atoms with Crippen molar-refractivity contribution in [2.24, 2.45) is 11.7 Å². The van der Waals surface area contributed by atoms with Crippen LogP contribution in [0, 0.1) is 5.92 Å². The first-order valence-electron chi connectivity index (χ1n) is 6.18. The molecule has 5 heteroatoms. The molecular weight excluding hydrogens is 232 g/mol. The summed E-state index contributed by atoms with van der Waals surface area (Å²) in [6, 6.07) is 5.61. The first-order chi connectivity index (χ1) is 8.78. The average Bonchev–Trinajstić information content (AvgIpc) is 2.79. The minimum atomic E-state index is 0.127. The van der Waals surface area contributed by atoms with Crippen LogP contribution >= 0.6 is 0 Å². The number of rotatable bonds is 2. The molecule has 2 aliphatic heterocycles. The van der Waals surface area contributed by atoms with E-state index in [1.807, 2.05) is 18.2 Å². The van der Waals surface area contributed by atoms with Gasteiger partial charge in [0.25, 0.3) is 0 Å². The van der Waals surface area contributed by atoms with Gasteiger partial charge in [-0.05, 0) is 24.6 Å². The van der Waals surface area contributed by atoms with E-state index in [1.54, 1.807) is 4.90 Å². The van der Waals surface area contributed by atoms with Gasteiger partial charge in [-0.25, -0.2) is 0 Å². The highest BCUT2D eigenvalue weighted by atomic mass is 16.6. The van der Waals surface area contributed by atoms with Crippen LogP contribution in [-0.4, -0.2) is 32.2 Å². The topological polar surface area (TPSA) is 64.8 Å². The highest BCUT2D eigenvalue weighted by molar-refractivity contribution is 5.96. The zero-order chi connectivity index (χ0) is 12.5. The number of benzene rings is 1. The van der Waals surface area contributed by atoms with Crippen molar-refractivity contribution < 1.29 is 14.3 Å². The summed E-state index contributed by atoms with van der Waals surface area (Å²) in [6.45, 7) is 2.36. The Morgan fingerprint density at radius 2 is 2.06 bits per heavy atom. The molecule has 0 saturated carbocycles.